The van der Waals surface area contributed by atoms with E-state index in [4.69, 9.17) is 4.74 Å². The first-order valence-corrected chi connectivity index (χ1v) is 9.52. The van der Waals surface area contributed by atoms with E-state index >= 15 is 0 Å². The summed E-state index contributed by atoms with van der Waals surface area (Å²) in [5.41, 5.74) is 1.37. The number of likely N-dealkylation sites (tertiary alicyclic amines) is 1. The normalized spacial score (nSPS) is 28.9. The predicted molar refractivity (Wildman–Crippen MR) is 94.4 cm³/mol. The minimum Gasteiger partial charge on any atom is -0.375 e. The summed E-state index contributed by atoms with van der Waals surface area (Å²) >= 11 is 0. The van der Waals surface area contributed by atoms with E-state index in [0.29, 0.717) is 12.0 Å². The third-order valence-electron chi connectivity index (χ3n) is 6.30. The molecule has 3 fully saturated rings. The van der Waals surface area contributed by atoms with Gasteiger partial charge in [0.05, 0.1) is 5.60 Å². The van der Waals surface area contributed by atoms with E-state index in [9.17, 15) is 4.79 Å². The number of hydrogen-bond donors (Lipinski definition) is 2. The van der Waals surface area contributed by atoms with Gasteiger partial charge in [0.15, 0.2) is 0 Å². The van der Waals surface area contributed by atoms with Crippen LogP contribution in [0.4, 0.5) is 0 Å². The first-order valence-electron chi connectivity index (χ1n) is 9.52. The third kappa shape index (κ3) is 3.44. The molecule has 0 aromatic carbocycles. The number of pyridine rings is 1. The van der Waals surface area contributed by atoms with Crippen LogP contribution in [0, 0.1) is 0 Å². The molecule has 1 atom stereocenters. The van der Waals surface area contributed by atoms with Crippen LogP contribution in [-0.2, 0) is 4.74 Å². The van der Waals surface area contributed by atoms with Crippen LogP contribution in [-0.4, -0.2) is 54.3 Å². The lowest BCUT2D eigenvalue weighted by Crippen LogP contribution is -2.54. The SMILES string of the molecule is O=c1cc(C2CCN(C3CCOC4(CCNCC4)C3)CC2)cc[nH]1. The molecule has 4 heterocycles. The fourth-order valence-electron chi connectivity index (χ4n) is 4.86. The molecule has 2 N–H and O–H groups in total. The highest BCUT2D eigenvalue weighted by Crippen LogP contribution is 2.37. The average molecular weight is 331 g/mol. The molecule has 0 aliphatic carbocycles. The summed E-state index contributed by atoms with van der Waals surface area (Å²) in [5.74, 6) is 0.538. The van der Waals surface area contributed by atoms with Gasteiger partial charge in [0, 0.05) is 24.9 Å². The van der Waals surface area contributed by atoms with Crippen molar-refractivity contribution in [2.75, 3.05) is 32.8 Å². The molecule has 3 aliphatic heterocycles. The summed E-state index contributed by atoms with van der Waals surface area (Å²) < 4.78 is 6.23. The standard InChI is InChI=1S/C19H29N3O2/c23-18-13-16(1-7-21-18)15-2-10-22(11-3-15)17-4-12-24-19(14-17)5-8-20-9-6-19/h1,7,13,15,17,20H,2-6,8-12,14H2,(H,21,23). The molecule has 3 saturated heterocycles. The zero-order valence-electron chi connectivity index (χ0n) is 14.4. The van der Waals surface area contributed by atoms with E-state index in [2.05, 4.69) is 21.3 Å². The number of ether oxygens (including phenoxy) is 1. The van der Waals surface area contributed by atoms with Crippen LogP contribution >= 0.6 is 0 Å². The van der Waals surface area contributed by atoms with Gasteiger partial charge in [-0.25, -0.2) is 0 Å². The number of nitrogens with one attached hydrogen (secondary N) is 2. The van der Waals surface area contributed by atoms with Crippen LogP contribution in [0.25, 0.3) is 0 Å². The number of aromatic nitrogens is 1. The molecular formula is C19H29N3O2. The van der Waals surface area contributed by atoms with Gasteiger partial charge in [-0.3, -0.25) is 4.79 Å². The maximum absolute atomic E-state index is 11.5. The molecule has 1 spiro atoms. The molecule has 0 radical (unpaired) electrons. The molecule has 5 heteroatoms. The van der Waals surface area contributed by atoms with Crippen molar-refractivity contribution in [2.24, 2.45) is 0 Å². The molecular weight excluding hydrogens is 302 g/mol. The minimum atomic E-state index is 0.0206. The van der Waals surface area contributed by atoms with Gasteiger partial charge in [-0.1, -0.05) is 0 Å². The number of aromatic amines is 1. The van der Waals surface area contributed by atoms with Crippen molar-refractivity contribution in [3.63, 3.8) is 0 Å². The fraction of sp³-hybridized carbons (Fsp3) is 0.737. The molecule has 132 valence electrons. The molecule has 4 rings (SSSR count). The Bertz CT molecular complexity index is 595. The highest BCUT2D eigenvalue weighted by molar-refractivity contribution is 5.16. The molecule has 1 aromatic heterocycles. The van der Waals surface area contributed by atoms with E-state index < -0.39 is 0 Å². The topological polar surface area (TPSA) is 57.4 Å². The van der Waals surface area contributed by atoms with Crippen molar-refractivity contribution >= 4 is 0 Å². The smallest absolute Gasteiger partial charge is 0.248 e. The molecule has 1 aromatic rings. The Morgan fingerprint density at radius 3 is 2.71 bits per heavy atom. The van der Waals surface area contributed by atoms with Gasteiger partial charge >= 0.3 is 0 Å². The van der Waals surface area contributed by atoms with Gasteiger partial charge < -0.3 is 19.9 Å². The van der Waals surface area contributed by atoms with Gasteiger partial charge in [0.25, 0.3) is 0 Å². The Labute approximate surface area is 143 Å². The van der Waals surface area contributed by atoms with Crippen LogP contribution in [0.2, 0.25) is 0 Å². The maximum atomic E-state index is 11.5. The molecule has 24 heavy (non-hydrogen) atoms. The Hall–Kier alpha value is -1.17. The van der Waals surface area contributed by atoms with Gasteiger partial charge in [-0.05, 0) is 82.3 Å². The van der Waals surface area contributed by atoms with Crippen LogP contribution in [0.5, 0.6) is 0 Å². The maximum Gasteiger partial charge on any atom is 0.248 e. The lowest BCUT2D eigenvalue weighted by atomic mass is 9.81. The third-order valence-corrected chi connectivity index (χ3v) is 6.30. The summed E-state index contributed by atoms with van der Waals surface area (Å²) in [5, 5.41) is 3.46. The number of hydrogen-bond acceptors (Lipinski definition) is 4. The summed E-state index contributed by atoms with van der Waals surface area (Å²) in [6, 6.07) is 4.52. The largest absolute Gasteiger partial charge is 0.375 e. The highest BCUT2D eigenvalue weighted by atomic mass is 16.5. The van der Waals surface area contributed by atoms with Crippen LogP contribution in [0.1, 0.15) is 50.0 Å². The zero-order valence-corrected chi connectivity index (χ0v) is 14.4. The zero-order chi connectivity index (χ0) is 16.4. The second kappa shape index (κ2) is 6.98. The number of H-pyrrole nitrogens is 1. The van der Waals surface area contributed by atoms with Crippen molar-refractivity contribution < 1.29 is 4.74 Å². The van der Waals surface area contributed by atoms with E-state index in [1.807, 2.05) is 0 Å². The summed E-state index contributed by atoms with van der Waals surface area (Å²) in [7, 11) is 0. The number of nitrogens with zero attached hydrogens (tertiary/aromatic N) is 1. The molecule has 0 amide bonds. The minimum absolute atomic E-state index is 0.0206. The average Bonchev–Trinajstić information content (AvgIpc) is 2.63. The van der Waals surface area contributed by atoms with Gasteiger partial charge in [-0.15, -0.1) is 0 Å². The Morgan fingerprint density at radius 1 is 1.17 bits per heavy atom. The molecule has 5 nitrogen and oxygen atoms in total. The monoisotopic (exact) mass is 331 g/mol. The highest BCUT2D eigenvalue weighted by Gasteiger charge is 2.40. The van der Waals surface area contributed by atoms with E-state index in [-0.39, 0.29) is 11.2 Å². The second-order valence-corrected chi connectivity index (χ2v) is 7.72. The van der Waals surface area contributed by atoms with Gasteiger partial charge in [-0.2, -0.15) is 0 Å². The molecule has 0 bridgehead atoms. The Balaban J connectivity index is 1.36. The first-order chi connectivity index (χ1) is 11.7. The van der Waals surface area contributed by atoms with Gasteiger partial charge in [0.2, 0.25) is 5.56 Å². The van der Waals surface area contributed by atoms with Crippen LogP contribution in [0.3, 0.4) is 0 Å². The lowest BCUT2D eigenvalue weighted by Gasteiger charge is -2.48. The first kappa shape index (κ1) is 16.3. The van der Waals surface area contributed by atoms with Crippen molar-refractivity contribution in [1.82, 2.24) is 15.2 Å². The molecule has 3 aliphatic rings. The van der Waals surface area contributed by atoms with E-state index in [1.165, 1.54) is 18.4 Å². The molecule has 0 saturated carbocycles. The van der Waals surface area contributed by atoms with Crippen molar-refractivity contribution in [2.45, 2.75) is 56.1 Å². The van der Waals surface area contributed by atoms with Gasteiger partial charge in [0.1, 0.15) is 0 Å². The molecule has 1 unspecified atom stereocenters. The number of piperidine rings is 2. The van der Waals surface area contributed by atoms with Crippen molar-refractivity contribution in [1.29, 1.82) is 0 Å². The van der Waals surface area contributed by atoms with Crippen LogP contribution in [0.15, 0.2) is 23.1 Å². The summed E-state index contributed by atoms with van der Waals surface area (Å²) in [4.78, 5) is 16.9. The lowest BCUT2D eigenvalue weighted by molar-refractivity contribution is -0.122. The summed E-state index contributed by atoms with van der Waals surface area (Å²) in [6.07, 6.45) is 8.79. The quantitative estimate of drug-likeness (QED) is 0.868. The fourth-order valence-corrected chi connectivity index (χ4v) is 4.86. The van der Waals surface area contributed by atoms with Crippen LogP contribution < -0.4 is 10.9 Å². The Morgan fingerprint density at radius 2 is 1.96 bits per heavy atom. The van der Waals surface area contributed by atoms with Crippen molar-refractivity contribution in [3.05, 3.63) is 34.2 Å². The number of rotatable bonds is 2. The predicted octanol–water partition coefficient (Wildman–Crippen LogP) is 1.86. The van der Waals surface area contributed by atoms with Crippen molar-refractivity contribution in [3.8, 4) is 0 Å². The second-order valence-electron chi connectivity index (χ2n) is 7.72. The Kier molecular flexibility index (Phi) is 4.74. The summed E-state index contributed by atoms with van der Waals surface area (Å²) in [6.45, 7) is 5.40. The van der Waals surface area contributed by atoms with E-state index in [0.717, 1.165) is 58.5 Å². The van der Waals surface area contributed by atoms with E-state index in [1.54, 1.807) is 12.3 Å².